The maximum Gasteiger partial charge on any atom is 0.254 e. The van der Waals surface area contributed by atoms with Gasteiger partial charge in [-0.15, -0.1) is 0 Å². The van der Waals surface area contributed by atoms with Crippen molar-refractivity contribution in [3.05, 3.63) is 22.8 Å². The smallest absolute Gasteiger partial charge is 0.254 e. The summed E-state index contributed by atoms with van der Waals surface area (Å²) >= 11 is 5.94. The van der Waals surface area contributed by atoms with Crippen molar-refractivity contribution >= 4 is 23.3 Å². The Bertz CT molecular complexity index is 537. The first-order valence-corrected chi connectivity index (χ1v) is 7.29. The summed E-state index contributed by atoms with van der Waals surface area (Å²) in [6.07, 6.45) is 1.61. The Kier molecular flexibility index (Phi) is 3.56. The number of hydrogen-bond donors (Lipinski definition) is 2. The molecule has 0 bridgehead atoms. The predicted octanol–water partition coefficient (Wildman–Crippen LogP) is 1.62. The molecule has 1 aliphatic heterocycles. The fourth-order valence-corrected chi connectivity index (χ4v) is 3.54. The van der Waals surface area contributed by atoms with E-state index >= 15 is 0 Å². The molecular weight excluding hydrogens is 278 g/mol. The highest BCUT2D eigenvalue weighted by molar-refractivity contribution is 6.29. The average Bonchev–Trinajstić information content (AvgIpc) is 3.00. The highest BCUT2D eigenvalue weighted by atomic mass is 35.5. The summed E-state index contributed by atoms with van der Waals surface area (Å²) in [5, 5.41) is 13.1. The molecule has 20 heavy (non-hydrogen) atoms. The normalized spacial score (nSPS) is 28.6. The molecule has 2 heterocycles. The number of pyridine rings is 1. The zero-order valence-electron chi connectivity index (χ0n) is 11.3. The monoisotopic (exact) mass is 295 g/mol. The van der Waals surface area contributed by atoms with Gasteiger partial charge in [-0.05, 0) is 30.9 Å². The van der Waals surface area contributed by atoms with Gasteiger partial charge in [-0.1, -0.05) is 11.6 Å². The number of amides is 1. The SMILES string of the molecule is CNc1cc(C(=O)N2CC3CCC(O)C3C2)cc(Cl)n1. The van der Waals surface area contributed by atoms with Crippen molar-refractivity contribution in [1.82, 2.24) is 9.88 Å². The number of nitrogens with zero attached hydrogens (tertiary/aromatic N) is 2. The van der Waals surface area contributed by atoms with Gasteiger partial charge in [0.25, 0.3) is 5.91 Å². The lowest BCUT2D eigenvalue weighted by atomic mass is 10.00. The highest BCUT2D eigenvalue weighted by Gasteiger charge is 2.43. The number of nitrogens with one attached hydrogen (secondary N) is 1. The molecule has 2 fully saturated rings. The molecule has 5 nitrogen and oxygen atoms in total. The minimum Gasteiger partial charge on any atom is -0.393 e. The molecule has 3 rings (SSSR count). The van der Waals surface area contributed by atoms with Gasteiger partial charge in [0, 0.05) is 31.6 Å². The number of halogens is 1. The lowest BCUT2D eigenvalue weighted by Crippen LogP contribution is -2.31. The van der Waals surface area contributed by atoms with Crippen LogP contribution < -0.4 is 5.32 Å². The number of anilines is 1. The molecule has 0 aromatic carbocycles. The Labute approximate surface area is 122 Å². The molecule has 3 atom stereocenters. The number of rotatable bonds is 2. The molecule has 1 amide bonds. The number of aliphatic hydroxyl groups is 1. The Morgan fingerprint density at radius 2 is 2.25 bits per heavy atom. The van der Waals surface area contributed by atoms with Crippen molar-refractivity contribution in [2.24, 2.45) is 11.8 Å². The van der Waals surface area contributed by atoms with Crippen LogP contribution in [-0.2, 0) is 0 Å². The van der Waals surface area contributed by atoms with Crippen molar-refractivity contribution in [3.8, 4) is 0 Å². The van der Waals surface area contributed by atoms with Gasteiger partial charge in [-0.25, -0.2) is 4.98 Å². The number of hydrogen-bond acceptors (Lipinski definition) is 4. The van der Waals surface area contributed by atoms with E-state index in [0.29, 0.717) is 29.0 Å². The van der Waals surface area contributed by atoms with Crippen LogP contribution in [0.2, 0.25) is 5.15 Å². The van der Waals surface area contributed by atoms with Crippen LogP contribution in [0, 0.1) is 11.8 Å². The topological polar surface area (TPSA) is 65.5 Å². The fourth-order valence-electron chi connectivity index (χ4n) is 3.33. The van der Waals surface area contributed by atoms with E-state index in [1.54, 1.807) is 19.2 Å². The number of carbonyl (C=O) groups excluding carboxylic acids is 1. The minimum atomic E-state index is -0.258. The van der Waals surface area contributed by atoms with Crippen molar-refractivity contribution in [2.75, 3.05) is 25.5 Å². The van der Waals surface area contributed by atoms with Gasteiger partial charge in [0.2, 0.25) is 0 Å². The second-order valence-corrected chi connectivity index (χ2v) is 5.98. The number of aromatic nitrogens is 1. The lowest BCUT2D eigenvalue weighted by molar-refractivity contribution is 0.0752. The molecular formula is C14H18ClN3O2. The first kappa shape index (κ1) is 13.6. The van der Waals surface area contributed by atoms with Gasteiger partial charge in [0.1, 0.15) is 11.0 Å². The highest BCUT2D eigenvalue weighted by Crippen LogP contribution is 2.38. The molecule has 2 aliphatic rings. The van der Waals surface area contributed by atoms with E-state index in [4.69, 9.17) is 11.6 Å². The molecule has 1 aromatic rings. The maximum atomic E-state index is 12.5. The van der Waals surface area contributed by atoms with Gasteiger partial charge >= 0.3 is 0 Å². The summed E-state index contributed by atoms with van der Waals surface area (Å²) in [5.41, 5.74) is 0.545. The first-order valence-electron chi connectivity index (χ1n) is 6.91. The van der Waals surface area contributed by atoms with Crippen LogP contribution in [0.15, 0.2) is 12.1 Å². The third kappa shape index (κ3) is 2.36. The minimum absolute atomic E-state index is 0.0348. The van der Waals surface area contributed by atoms with E-state index in [-0.39, 0.29) is 17.9 Å². The molecule has 0 spiro atoms. The largest absolute Gasteiger partial charge is 0.393 e. The van der Waals surface area contributed by atoms with E-state index in [1.807, 2.05) is 4.90 Å². The van der Waals surface area contributed by atoms with Crippen molar-refractivity contribution in [1.29, 1.82) is 0 Å². The van der Waals surface area contributed by atoms with Crippen molar-refractivity contribution in [2.45, 2.75) is 18.9 Å². The Hall–Kier alpha value is -1.33. The second-order valence-electron chi connectivity index (χ2n) is 5.59. The number of aliphatic hydroxyl groups excluding tert-OH is 1. The molecule has 1 saturated carbocycles. The zero-order valence-corrected chi connectivity index (χ0v) is 12.1. The van der Waals surface area contributed by atoms with Gasteiger partial charge in [-0.3, -0.25) is 4.79 Å². The van der Waals surface area contributed by atoms with E-state index in [2.05, 4.69) is 10.3 Å². The zero-order chi connectivity index (χ0) is 14.3. The van der Waals surface area contributed by atoms with Crippen LogP contribution in [0.25, 0.3) is 0 Å². The van der Waals surface area contributed by atoms with Crippen LogP contribution in [-0.4, -0.2) is 47.1 Å². The molecule has 1 aromatic heterocycles. The van der Waals surface area contributed by atoms with E-state index < -0.39 is 0 Å². The van der Waals surface area contributed by atoms with Crippen molar-refractivity contribution < 1.29 is 9.90 Å². The van der Waals surface area contributed by atoms with Gasteiger partial charge in [-0.2, -0.15) is 0 Å². The number of fused-ring (bicyclic) bond motifs is 1. The van der Waals surface area contributed by atoms with E-state index in [1.165, 1.54) is 0 Å². The molecule has 2 N–H and O–H groups in total. The van der Waals surface area contributed by atoms with Gasteiger partial charge in [0.15, 0.2) is 0 Å². The third-order valence-corrected chi connectivity index (χ3v) is 4.60. The Balaban J connectivity index is 1.78. The summed E-state index contributed by atoms with van der Waals surface area (Å²) < 4.78 is 0. The van der Waals surface area contributed by atoms with Crippen LogP contribution in [0.3, 0.4) is 0 Å². The molecule has 1 saturated heterocycles. The van der Waals surface area contributed by atoms with Crippen LogP contribution in [0.5, 0.6) is 0 Å². The Morgan fingerprint density at radius 3 is 2.95 bits per heavy atom. The lowest BCUT2D eigenvalue weighted by Gasteiger charge is -2.19. The third-order valence-electron chi connectivity index (χ3n) is 4.40. The Morgan fingerprint density at radius 1 is 1.45 bits per heavy atom. The summed E-state index contributed by atoms with van der Waals surface area (Å²) in [4.78, 5) is 18.4. The van der Waals surface area contributed by atoms with Crippen LogP contribution in [0.1, 0.15) is 23.2 Å². The molecule has 108 valence electrons. The standard InChI is InChI=1S/C14H18ClN3O2/c1-16-13-5-9(4-12(15)17-13)14(20)18-6-8-2-3-11(19)10(8)7-18/h4-5,8,10-11,19H,2-3,6-7H2,1H3,(H,16,17). The molecule has 1 aliphatic carbocycles. The van der Waals surface area contributed by atoms with E-state index in [0.717, 1.165) is 19.4 Å². The molecule has 0 radical (unpaired) electrons. The summed E-state index contributed by atoms with van der Waals surface area (Å²) in [6.45, 7) is 1.37. The van der Waals surface area contributed by atoms with Gasteiger partial charge < -0.3 is 15.3 Å². The summed E-state index contributed by atoms with van der Waals surface area (Å²) in [6, 6.07) is 3.30. The average molecular weight is 296 g/mol. The molecule has 6 heteroatoms. The predicted molar refractivity (Wildman–Crippen MR) is 76.9 cm³/mol. The summed E-state index contributed by atoms with van der Waals surface area (Å²) in [5.74, 6) is 1.22. The number of likely N-dealkylation sites (tertiary alicyclic amines) is 1. The fraction of sp³-hybridized carbons (Fsp3) is 0.571. The maximum absolute atomic E-state index is 12.5. The second kappa shape index (κ2) is 5.22. The first-order chi connectivity index (χ1) is 9.58. The van der Waals surface area contributed by atoms with Crippen LogP contribution in [0.4, 0.5) is 5.82 Å². The van der Waals surface area contributed by atoms with Crippen molar-refractivity contribution in [3.63, 3.8) is 0 Å². The summed E-state index contributed by atoms with van der Waals surface area (Å²) in [7, 11) is 1.74. The van der Waals surface area contributed by atoms with Crippen LogP contribution >= 0.6 is 11.6 Å². The molecule has 3 unspecified atom stereocenters. The number of carbonyl (C=O) groups is 1. The quantitative estimate of drug-likeness (QED) is 0.814. The van der Waals surface area contributed by atoms with Gasteiger partial charge in [0.05, 0.1) is 6.10 Å². The van der Waals surface area contributed by atoms with E-state index in [9.17, 15) is 9.90 Å².